The third-order valence-corrected chi connectivity index (χ3v) is 3.13. The zero-order valence-electron chi connectivity index (χ0n) is 9.88. The molecule has 5 heteroatoms. The van der Waals surface area contributed by atoms with Gasteiger partial charge >= 0.3 is 6.18 Å². The van der Waals surface area contributed by atoms with E-state index in [2.05, 4.69) is 9.88 Å². The molecule has 1 aliphatic rings. The monoisotopic (exact) mass is 244 g/mol. The highest BCUT2D eigenvalue weighted by Crippen LogP contribution is 2.31. The number of alkyl halides is 3. The largest absolute Gasteiger partial charge is 0.417 e. The third kappa shape index (κ3) is 2.60. The lowest BCUT2D eigenvalue weighted by Gasteiger charge is -2.31. The van der Waals surface area contributed by atoms with Gasteiger partial charge in [-0.1, -0.05) is 0 Å². The van der Waals surface area contributed by atoms with E-state index in [1.54, 1.807) is 0 Å². The van der Waals surface area contributed by atoms with E-state index in [0.29, 0.717) is 18.2 Å². The van der Waals surface area contributed by atoms with E-state index in [-0.39, 0.29) is 0 Å². The molecule has 0 spiro atoms. The van der Waals surface area contributed by atoms with Crippen LogP contribution in [0.25, 0.3) is 0 Å². The highest BCUT2D eigenvalue weighted by Gasteiger charge is 2.32. The fourth-order valence-corrected chi connectivity index (χ4v) is 2.04. The molecule has 1 aromatic rings. The Kier molecular flexibility index (Phi) is 3.12. The Bertz CT molecular complexity index is 413. The van der Waals surface area contributed by atoms with Gasteiger partial charge in [0, 0.05) is 37.4 Å². The number of pyridine rings is 1. The molecule has 0 bridgehead atoms. The summed E-state index contributed by atoms with van der Waals surface area (Å²) in [6.45, 7) is 5.52. The minimum absolute atomic E-state index is 0.345. The molecule has 0 aliphatic carbocycles. The number of halogens is 3. The van der Waals surface area contributed by atoms with E-state index in [4.69, 9.17) is 0 Å². The summed E-state index contributed by atoms with van der Waals surface area (Å²) in [4.78, 5) is 6.09. The normalized spacial score (nSPS) is 17.3. The van der Waals surface area contributed by atoms with E-state index in [9.17, 15) is 13.2 Å². The van der Waals surface area contributed by atoms with Crippen LogP contribution in [0, 0.1) is 0 Å². The van der Waals surface area contributed by atoms with Gasteiger partial charge in [-0.2, -0.15) is 13.2 Å². The molecule has 0 aromatic carbocycles. The Morgan fingerprint density at radius 1 is 1.35 bits per heavy atom. The van der Waals surface area contributed by atoms with Crippen molar-refractivity contribution in [1.29, 1.82) is 0 Å². The number of hydrogen-bond donors (Lipinski definition) is 0. The van der Waals surface area contributed by atoms with Crippen LogP contribution in [-0.2, 0) is 19.1 Å². The van der Waals surface area contributed by atoms with Crippen LogP contribution < -0.4 is 0 Å². The van der Waals surface area contributed by atoms with Crippen molar-refractivity contribution < 1.29 is 13.2 Å². The molecule has 0 amide bonds. The maximum atomic E-state index is 12.6. The topological polar surface area (TPSA) is 16.1 Å². The number of nitrogens with zero attached hydrogens (tertiary/aromatic N) is 2. The van der Waals surface area contributed by atoms with Crippen LogP contribution in [0.1, 0.15) is 30.7 Å². The molecule has 1 aliphatic heterocycles. The van der Waals surface area contributed by atoms with Crippen LogP contribution in [-0.4, -0.2) is 22.5 Å². The first-order chi connectivity index (χ1) is 7.88. The predicted molar refractivity (Wildman–Crippen MR) is 58.5 cm³/mol. The van der Waals surface area contributed by atoms with Gasteiger partial charge in [-0.05, 0) is 25.5 Å². The van der Waals surface area contributed by atoms with Gasteiger partial charge in [0.15, 0.2) is 0 Å². The van der Waals surface area contributed by atoms with Crippen LogP contribution in [0.4, 0.5) is 13.2 Å². The van der Waals surface area contributed by atoms with Crippen molar-refractivity contribution in [1.82, 2.24) is 9.88 Å². The van der Waals surface area contributed by atoms with E-state index < -0.39 is 11.7 Å². The number of rotatable bonds is 1. The van der Waals surface area contributed by atoms with Crippen molar-refractivity contribution >= 4 is 0 Å². The number of aromatic nitrogens is 1. The predicted octanol–water partition coefficient (Wildman–Crippen LogP) is 2.87. The molecule has 0 unspecified atom stereocenters. The van der Waals surface area contributed by atoms with Crippen LogP contribution in [0.3, 0.4) is 0 Å². The number of hydrogen-bond acceptors (Lipinski definition) is 2. The lowest BCUT2D eigenvalue weighted by Crippen LogP contribution is -2.36. The van der Waals surface area contributed by atoms with E-state index >= 15 is 0 Å². The molecule has 0 saturated carbocycles. The number of fused-ring (bicyclic) bond motifs is 1. The van der Waals surface area contributed by atoms with Gasteiger partial charge in [0.2, 0.25) is 0 Å². The van der Waals surface area contributed by atoms with E-state index in [1.165, 1.54) is 6.07 Å². The average Bonchev–Trinajstić information content (AvgIpc) is 2.26. The molecule has 94 valence electrons. The van der Waals surface area contributed by atoms with Crippen molar-refractivity contribution in [2.75, 3.05) is 6.54 Å². The summed E-state index contributed by atoms with van der Waals surface area (Å²) in [6, 6.07) is 1.58. The van der Waals surface area contributed by atoms with Crippen molar-refractivity contribution in [3.63, 3.8) is 0 Å². The van der Waals surface area contributed by atoms with Gasteiger partial charge in [0.1, 0.15) is 0 Å². The second-order valence-corrected chi connectivity index (χ2v) is 4.64. The van der Waals surface area contributed by atoms with E-state index in [1.807, 2.05) is 13.8 Å². The fourth-order valence-electron chi connectivity index (χ4n) is 2.04. The van der Waals surface area contributed by atoms with Gasteiger partial charge in [-0.15, -0.1) is 0 Å². The second kappa shape index (κ2) is 4.29. The Balaban J connectivity index is 2.29. The maximum absolute atomic E-state index is 12.6. The Morgan fingerprint density at radius 3 is 2.65 bits per heavy atom. The molecule has 2 heterocycles. The van der Waals surface area contributed by atoms with E-state index in [0.717, 1.165) is 24.9 Å². The Labute approximate surface area is 98.5 Å². The summed E-state index contributed by atoms with van der Waals surface area (Å²) in [5, 5.41) is 0. The van der Waals surface area contributed by atoms with Gasteiger partial charge in [-0.3, -0.25) is 9.88 Å². The minimum atomic E-state index is -4.30. The fraction of sp³-hybridized carbons (Fsp3) is 0.583. The molecule has 2 rings (SSSR count). The highest BCUT2D eigenvalue weighted by molar-refractivity contribution is 5.29. The molecule has 0 N–H and O–H groups in total. The molecule has 17 heavy (non-hydrogen) atoms. The molecule has 2 nitrogen and oxygen atoms in total. The van der Waals surface area contributed by atoms with Crippen LogP contribution >= 0.6 is 0 Å². The van der Waals surface area contributed by atoms with Crippen LogP contribution in [0.15, 0.2) is 12.3 Å². The highest BCUT2D eigenvalue weighted by atomic mass is 19.4. The third-order valence-electron chi connectivity index (χ3n) is 3.13. The van der Waals surface area contributed by atoms with Gasteiger partial charge < -0.3 is 0 Å². The Hall–Kier alpha value is -1.10. The molecule has 0 atom stereocenters. The van der Waals surface area contributed by atoms with Crippen molar-refractivity contribution in [2.45, 2.75) is 39.0 Å². The van der Waals surface area contributed by atoms with Crippen molar-refractivity contribution in [3.05, 3.63) is 29.1 Å². The van der Waals surface area contributed by atoms with Gasteiger partial charge in [0.25, 0.3) is 0 Å². The second-order valence-electron chi connectivity index (χ2n) is 4.64. The van der Waals surface area contributed by atoms with Gasteiger partial charge in [-0.25, -0.2) is 0 Å². The molecular formula is C12H15F3N2. The molecule has 0 saturated heterocycles. The lowest BCUT2D eigenvalue weighted by atomic mass is 10.0. The summed E-state index contributed by atoms with van der Waals surface area (Å²) < 4.78 is 37.7. The van der Waals surface area contributed by atoms with Gasteiger partial charge in [0.05, 0.1) is 5.56 Å². The molecule has 1 aromatic heterocycles. The molecule has 0 fully saturated rings. The quantitative estimate of drug-likeness (QED) is 0.755. The lowest BCUT2D eigenvalue weighted by molar-refractivity contribution is -0.137. The van der Waals surface area contributed by atoms with Crippen molar-refractivity contribution in [2.24, 2.45) is 0 Å². The average molecular weight is 244 g/mol. The van der Waals surface area contributed by atoms with Crippen LogP contribution in [0.2, 0.25) is 0 Å². The smallest absolute Gasteiger partial charge is 0.296 e. The maximum Gasteiger partial charge on any atom is 0.417 e. The molecule has 0 radical (unpaired) electrons. The first-order valence-corrected chi connectivity index (χ1v) is 5.67. The molecular weight excluding hydrogens is 229 g/mol. The summed E-state index contributed by atoms with van der Waals surface area (Å²) in [6.07, 6.45) is -2.64. The zero-order valence-corrected chi connectivity index (χ0v) is 9.88. The minimum Gasteiger partial charge on any atom is -0.296 e. The summed E-state index contributed by atoms with van der Waals surface area (Å²) in [5.41, 5.74) is 0.858. The van der Waals surface area contributed by atoms with Crippen molar-refractivity contribution in [3.8, 4) is 0 Å². The first kappa shape index (κ1) is 12.4. The summed E-state index contributed by atoms with van der Waals surface area (Å²) in [7, 11) is 0. The van der Waals surface area contributed by atoms with Crippen LogP contribution in [0.5, 0.6) is 0 Å². The Morgan fingerprint density at radius 2 is 2.06 bits per heavy atom. The summed E-state index contributed by atoms with van der Waals surface area (Å²) in [5.74, 6) is 0. The SMILES string of the molecule is CC(C)N1CCc2ncc(C(F)(F)F)cc2C1. The summed E-state index contributed by atoms with van der Waals surface area (Å²) >= 11 is 0. The zero-order chi connectivity index (χ0) is 12.6. The first-order valence-electron chi connectivity index (χ1n) is 5.67. The standard InChI is InChI=1S/C12H15F3N2/c1-8(2)17-4-3-11-9(7-17)5-10(6-16-11)12(13,14)15/h5-6,8H,3-4,7H2,1-2H3.